The number of carbonyl (C=O) groups excluding carboxylic acids is 1. The number of rotatable bonds is 4. The highest BCUT2D eigenvalue weighted by molar-refractivity contribution is 5.74. The Balaban J connectivity index is 2.17. The average molecular weight is 299 g/mol. The van der Waals surface area contributed by atoms with Gasteiger partial charge in [0.2, 0.25) is 0 Å². The smallest absolute Gasteiger partial charge is 0.315 e. The first-order valence-corrected chi connectivity index (χ1v) is 7.67. The molecule has 4 nitrogen and oxygen atoms in total. The number of urea groups is 1. The Labute approximate surface area is 132 Å². The lowest BCUT2D eigenvalue weighted by Gasteiger charge is -2.12. The molecule has 0 aliphatic heterocycles. The first-order chi connectivity index (χ1) is 10.4. The fraction of sp³-hybridized carbons (Fsp3) is 0.389. The molecule has 0 unspecified atom stereocenters. The average Bonchev–Trinajstić information content (AvgIpc) is 2.72. The highest BCUT2D eigenvalue weighted by Crippen LogP contribution is 2.21. The molecule has 0 aliphatic carbocycles. The van der Waals surface area contributed by atoms with Gasteiger partial charge in [-0.15, -0.1) is 0 Å². The van der Waals surface area contributed by atoms with E-state index in [1.807, 2.05) is 13.8 Å². The lowest BCUT2D eigenvalue weighted by molar-refractivity contribution is 0.238. The number of nitrogens with zero attached hydrogens (tertiary/aromatic N) is 1. The standard InChI is InChI=1S/C18H25N3O/c1-12(2)20-18(22)19-11-16-10-14(4)21(15(16)5)17-8-6-13(3)7-9-17/h6-10,12H,11H2,1-5H3,(H2,19,20,22). The molecule has 1 aromatic heterocycles. The van der Waals surface area contributed by atoms with Gasteiger partial charge < -0.3 is 15.2 Å². The Morgan fingerprint density at radius 2 is 1.77 bits per heavy atom. The van der Waals surface area contributed by atoms with Crippen LogP contribution < -0.4 is 10.6 Å². The SMILES string of the molecule is Cc1ccc(-n2c(C)cc(CNC(=O)NC(C)C)c2C)cc1. The van der Waals surface area contributed by atoms with Gasteiger partial charge in [0.05, 0.1) is 0 Å². The molecule has 22 heavy (non-hydrogen) atoms. The molecule has 0 aliphatic rings. The maximum Gasteiger partial charge on any atom is 0.315 e. The third kappa shape index (κ3) is 3.70. The molecule has 0 fully saturated rings. The third-order valence-corrected chi connectivity index (χ3v) is 3.69. The van der Waals surface area contributed by atoms with E-state index in [1.54, 1.807) is 0 Å². The lowest BCUT2D eigenvalue weighted by atomic mass is 10.2. The second-order valence-electron chi connectivity index (χ2n) is 6.05. The van der Waals surface area contributed by atoms with E-state index in [4.69, 9.17) is 0 Å². The van der Waals surface area contributed by atoms with Gasteiger partial charge in [0.15, 0.2) is 0 Å². The zero-order valence-electron chi connectivity index (χ0n) is 14.0. The molecule has 0 atom stereocenters. The van der Waals surface area contributed by atoms with Crippen LogP contribution in [0.5, 0.6) is 0 Å². The van der Waals surface area contributed by atoms with Crippen molar-refractivity contribution in [1.29, 1.82) is 0 Å². The van der Waals surface area contributed by atoms with Crippen molar-refractivity contribution in [2.45, 2.75) is 47.2 Å². The highest BCUT2D eigenvalue weighted by Gasteiger charge is 2.11. The normalized spacial score (nSPS) is 10.8. The Kier molecular flexibility index (Phi) is 4.91. The van der Waals surface area contributed by atoms with Crippen LogP contribution in [-0.2, 0) is 6.54 Å². The molecule has 0 saturated carbocycles. The molecule has 0 bridgehead atoms. The van der Waals surface area contributed by atoms with Crippen molar-refractivity contribution in [3.8, 4) is 5.69 Å². The van der Waals surface area contributed by atoms with Crippen LogP contribution in [0.4, 0.5) is 4.79 Å². The molecular formula is C18H25N3O. The number of carbonyl (C=O) groups is 1. The van der Waals surface area contributed by atoms with Gasteiger partial charge in [-0.1, -0.05) is 17.7 Å². The van der Waals surface area contributed by atoms with E-state index in [2.05, 4.69) is 66.3 Å². The summed E-state index contributed by atoms with van der Waals surface area (Å²) < 4.78 is 2.22. The lowest BCUT2D eigenvalue weighted by Crippen LogP contribution is -2.39. The third-order valence-electron chi connectivity index (χ3n) is 3.69. The van der Waals surface area contributed by atoms with Gasteiger partial charge in [-0.2, -0.15) is 0 Å². The maximum atomic E-state index is 11.7. The van der Waals surface area contributed by atoms with Gasteiger partial charge in [-0.05, 0) is 58.4 Å². The van der Waals surface area contributed by atoms with Crippen LogP contribution in [0.15, 0.2) is 30.3 Å². The van der Waals surface area contributed by atoms with Crippen molar-refractivity contribution >= 4 is 6.03 Å². The van der Waals surface area contributed by atoms with Crippen molar-refractivity contribution in [2.24, 2.45) is 0 Å². The summed E-state index contributed by atoms with van der Waals surface area (Å²) in [5.74, 6) is 0. The quantitative estimate of drug-likeness (QED) is 0.890. The minimum atomic E-state index is -0.130. The molecule has 1 heterocycles. The Morgan fingerprint density at radius 1 is 1.14 bits per heavy atom. The number of hydrogen-bond donors (Lipinski definition) is 2. The number of hydrogen-bond acceptors (Lipinski definition) is 1. The predicted octanol–water partition coefficient (Wildman–Crippen LogP) is 3.61. The number of benzene rings is 1. The summed E-state index contributed by atoms with van der Waals surface area (Å²) in [6.45, 7) is 10.7. The van der Waals surface area contributed by atoms with Gasteiger partial charge in [0.25, 0.3) is 0 Å². The predicted molar refractivity (Wildman–Crippen MR) is 90.5 cm³/mol. The number of aryl methyl sites for hydroxylation is 2. The van der Waals surface area contributed by atoms with Crippen molar-refractivity contribution in [2.75, 3.05) is 0 Å². The molecule has 2 N–H and O–H groups in total. The van der Waals surface area contributed by atoms with E-state index >= 15 is 0 Å². The summed E-state index contributed by atoms with van der Waals surface area (Å²) in [5.41, 5.74) is 5.86. The van der Waals surface area contributed by atoms with Crippen molar-refractivity contribution < 1.29 is 4.79 Å². The zero-order valence-corrected chi connectivity index (χ0v) is 14.0. The van der Waals surface area contributed by atoms with Crippen LogP contribution in [0.3, 0.4) is 0 Å². The molecule has 1 aromatic carbocycles. The van der Waals surface area contributed by atoms with Gasteiger partial charge in [-0.25, -0.2) is 4.79 Å². The minimum Gasteiger partial charge on any atom is -0.336 e. The van der Waals surface area contributed by atoms with Crippen molar-refractivity contribution in [3.05, 3.63) is 52.8 Å². The van der Waals surface area contributed by atoms with Crippen LogP contribution in [0.1, 0.15) is 36.4 Å². The fourth-order valence-corrected chi connectivity index (χ4v) is 2.59. The second-order valence-corrected chi connectivity index (χ2v) is 6.05. The first-order valence-electron chi connectivity index (χ1n) is 7.67. The molecule has 118 valence electrons. The fourth-order valence-electron chi connectivity index (χ4n) is 2.59. The van der Waals surface area contributed by atoms with E-state index in [0.29, 0.717) is 6.54 Å². The summed E-state index contributed by atoms with van der Waals surface area (Å²) in [6.07, 6.45) is 0. The molecular weight excluding hydrogens is 274 g/mol. The summed E-state index contributed by atoms with van der Waals surface area (Å²) in [5, 5.41) is 5.74. The van der Waals surface area contributed by atoms with Crippen LogP contribution in [0.2, 0.25) is 0 Å². The maximum absolute atomic E-state index is 11.7. The van der Waals surface area contributed by atoms with Gasteiger partial charge >= 0.3 is 6.03 Å². The summed E-state index contributed by atoms with van der Waals surface area (Å²) in [7, 11) is 0. The van der Waals surface area contributed by atoms with E-state index in [9.17, 15) is 4.79 Å². The van der Waals surface area contributed by atoms with Gasteiger partial charge in [0.1, 0.15) is 0 Å². The Bertz CT molecular complexity index is 654. The van der Waals surface area contributed by atoms with Gasteiger partial charge in [-0.3, -0.25) is 0 Å². The van der Waals surface area contributed by atoms with Crippen LogP contribution in [-0.4, -0.2) is 16.6 Å². The largest absolute Gasteiger partial charge is 0.336 e. The van der Waals surface area contributed by atoms with Crippen molar-refractivity contribution in [3.63, 3.8) is 0 Å². The van der Waals surface area contributed by atoms with E-state index in [-0.39, 0.29) is 12.1 Å². The van der Waals surface area contributed by atoms with E-state index in [0.717, 1.165) is 16.9 Å². The van der Waals surface area contributed by atoms with Crippen LogP contribution >= 0.6 is 0 Å². The summed E-state index contributed by atoms with van der Waals surface area (Å²) >= 11 is 0. The number of amides is 2. The number of aromatic nitrogens is 1. The number of nitrogens with one attached hydrogen (secondary N) is 2. The monoisotopic (exact) mass is 299 g/mol. The van der Waals surface area contributed by atoms with E-state index < -0.39 is 0 Å². The van der Waals surface area contributed by atoms with Crippen LogP contribution in [0, 0.1) is 20.8 Å². The molecule has 2 amide bonds. The molecule has 0 saturated heterocycles. The second kappa shape index (κ2) is 6.69. The van der Waals surface area contributed by atoms with Gasteiger partial charge in [0, 0.05) is 29.7 Å². The Hall–Kier alpha value is -2.23. The van der Waals surface area contributed by atoms with Crippen LogP contribution in [0.25, 0.3) is 5.69 Å². The molecule has 0 spiro atoms. The Morgan fingerprint density at radius 3 is 2.36 bits per heavy atom. The summed E-state index contributed by atoms with van der Waals surface area (Å²) in [6, 6.07) is 10.6. The molecule has 2 aromatic rings. The molecule has 2 rings (SSSR count). The van der Waals surface area contributed by atoms with Crippen molar-refractivity contribution in [1.82, 2.24) is 15.2 Å². The topological polar surface area (TPSA) is 46.1 Å². The highest BCUT2D eigenvalue weighted by atomic mass is 16.2. The molecule has 0 radical (unpaired) electrons. The zero-order chi connectivity index (χ0) is 16.3. The first kappa shape index (κ1) is 16.1. The summed E-state index contributed by atoms with van der Waals surface area (Å²) in [4.78, 5) is 11.7. The minimum absolute atomic E-state index is 0.130. The molecule has 4 heteroatoms. The van der Waals surface area contributed by atoms with E-state index in [1.165, 1.54) is 11.3 Å².